The highest BCUT2D eigenvalue weighted by atomic mass is 19.4. The Morgan fingerprint density at radius 3 is 2.22 bits per heavy atom. The van der Waals surface area contributed by atoms with Gasteiger partial charge in [0.05, 0.1) is 11.9 Å². The first-order valence-corrected chi connectivity index (χ1v) is 7.37. The van der Waals surface area contributed by atoms with Crippen LogP contribution < -0.4 is 10.6 Å². The lowest BCUT2D eigenvalue weighted by molar-refractivity contribution is -0.140. The molecule has 0 atom stereocenters. The van der Waals surface area contributed by atoms with Gasteiger partial charge in [0, 0.05) is 31.6 Å². The van der Waals surface area contributed by atoms with E-state index in [1.807, 2.05) is 20.8 Å². The lowest BCUT2D eigenvalue weighted by Gasteiger charge is -2.38. The number of nitrogen functional groups attached to an aromatic ring is 1. The van der Waals surface area contributed by atoms with Gasteiger partial charge < -0.3 is 15.5 Å². The van der Waals surface area contributed by atoms with Crippen molar-refractivity contribution in [3.05, 3.63) is 17.8 Å². The summed E-state index contributed by atoms with van der Waals surface area (Å²) in [4.78, 5) is 19.3. The Morgan fingerprint density at radius 1 is 1.17 bits per heavy atom. The van der Waals surface area contributed by atoms with Gasteiger partial charge in [-0.1, -0.05) is 20.8 Å². The van der Waals surface area contributed by atoms with Crippen molar-refractivity contribution in [2.24, 2.45) is 5.41 Å². The van der Waals surface area contributed by atoms with Gasteiger partial charge in [-0.2, -0.15) is 13.2 Å². The van der Waals surface area contributed by atoms with Gasteiger partial charge in [-0.05, 0) is 6.07 Å². The maximum absolute atomic E-state index is 13.2. The molecule has 2 heterocycles. The number of pyridine rings is 1. The van der Waals surface area contributed by atoms with E-state index < -0.39 is 17.2 Å². The zero-order chi connectivity index (χ0) is 17.4. The zero-order valence-electron chi connectivity index (χ0n) is 13.4. The van der Waals surface area contributed by atoms with Crippen LogP contribution in [0.3, 0.4) is 0 Å². The molecule has 0 aromatic carbocycles. The number of carbonyl (C=O) groups is 1. The number of aromatic nitrogens is 1. The summed E-state index contributed by atoms with van der Waals surface area (Å²) in [5.74, 6) is -0.131. The summed E-state index contributed by atoms with van der Waals surface area (Å²) >= 11 is 0. The number of rotatable bonds is 1. The number of hydrogen-bond acceptors (Lipinski definition) is 4. The van der Waals surface area contributed by atoms with E-state index in [0.717, 1.165) is 6.07 Å². The number of alkyl halides is 3. The lowest BCUT2D eigenvalue weighted by Crippen LogP contribution is -2.52. The van der Waals surface area contributed by atoms with Crippen LogP contribution in [-0.4, -0.2) is 42.0 Å². The van der Waals surface area contributed by atoms with Crippen molar-refractivity contribution < 1.29 is 18.0 Å². The molecule has 0 radical (unpaired) electrons. The van der Waals surface area contributed by atoms with Crippen molar-refractivity contribution in [1.82, 2.24) is 9.88 Å². The first-order chi connectivity index (χ1) is 10.5. The maximum atomic E-state index is 13.2. The molecule has 1 fully saturated rings. The Balaban J connectivity index is 2.17. The molecule has 1 aliphatic rings. The number of anilines is 2. The highest BCUT2D eigenvalue weighted by molar-refractivity contribution is 5.81. The fourth-order valence-electron chi connectivity index (χ4n) is 2.53. The van der Waals surface area contributed by atoms with Crippen molar-refractivity contribution in [3.63, 3.8) is 0 Å². The minimum Gasteiger partial charge on any atom is -0.397 e. The standard InChI is InChI=1S/C15H21F3N4O/c1-14(2,3)13(23)22-6-4-21(5-7-22)12-11(15(16,17)18)8-10(19)9-20-12/h8-9H,4-7,19H2,1-3H3. The Kier molecular flexibility index (Phi) is 4.45. The highest BCUT2D eigenvalue weighted by Gasteiger charge is 2.37. The van der Waals surface area contributed by atoms with Crippen LogP contribution in [0.2, 0.25) is 0 Å². The van der Waals surface area contributed by atoms with Crippen molar-refractivity contribution >= 4 is 17.4 Å². The topological polar surface area (TPSA) is 62.5 Å². The molecule has 0 saturated carbocycles. The third-order valence-corrected chi connectivity index (χ3v) is 3.70. The number of hydrogen-bond donors (Lipinski definition) is 1. The van der Waals surface area contributed by atoms with Crippen molar-refractivity contribution in [2.75, 3.05) is 36.8 Å². The van der Waals surface area contributed by atoms with Gasteiger partial charge in [-0.15, -0.1) is 0 Å². The van der Waals surface area contributed by atoms with Crippen LogP contribution in [0, 0.1) is 5.41 Å². The van der Waals surface area contributed by atoms with E-state index in [1.54, 1.807) is 9.80 Å². The van der Waals surface area contributed by atoms with Gasteiger partial charge in [0.1, 0.15) is 11.4 Å². The summed E-state index contributed by atoms with van der Waals surface area (Å²) in [6.07, 6.45) is -3.30. The lowest BCUT2D eigenvalue weighted by atomic mass is 9.94. The summed E-state index contributed by atoms with van der Waals surface area (Å²) in [5, 5.41) is 0. The average Bonchev–Trinajstić information content (AvgIpc) is 2.45. The SMILES string of the molecule is CC(C)(C)C(=O)N1CCN(c2ncc(N)cc2C(F)(F)F)CC1. The fraction of sp³-hybridized carbons (Fsp3) is 0.600. The molecule has 0 aliphatic carbocycles. The van der Waals surface area contributed by atoms with Gasteiger partial charge in [0.15, 0.2) is 0 Å². The molecule has 5 nitrogen and oxygen atoms in total. The molecule has 2 N–H and O–H groups in total. The van der Waals surface area contributed by atoms with Gasteiger partial charge in [-0.3, -0.25) is 4.79 Å². The predicted molar refractivity (Wildman–Crippen MR) is 81.9 cm³/mol. The fourth-order valence-corrected chi connectivity index (χ4v) is 2.53. The third-order valence-electron chi connectivity index (χ3n) is 3.70. The summed E-state index contributed by atoms with van der Waals surface area (Å²) < 4.78 is 39.5. The van der Waals surface area contributed by atoms with E-state index in [1.165, 1.54) is 6.20 Å². The molecular weight excluding hydrogens is 309 g/mol. The van der Waals surface area contributed by atoms with E-state index in [2.05, 4.69) is 4.98 Å². The predicted octanol–water partition coefficient (Wildman–Crippen LogP) is 2.38. The first-order valence-electron chi connectivity index (χ1n) is 7.37. The van der Waals surface area contributed by atoms with E-state index in [4.69, 9.17) is 5.73 Å². The summed E-state index contributed by atoms with van der Waals surface area (Å²) in [6.45, 7) is 6.84. The highest BCUT2D eigenvalue weighted by Crippen LogP contribution is 2.36. The molecule has 2 rings (SSSR count). The molecule has 128 valence electrons. The molecule has 1 amide bonds. The van der Waals surface area contributed by atoms with Gasteiger partial charge in [0.2, 0.25) is 5.91 Å². The van der Waals surface area contributed by atoms with Crippen LogP contribution in [0.4, 0.5) is 24.7 Å². The summed E-state index contributed by atoms with van der Waals surface area (Å²) in [7, 11) is 0. The second-order valence-corrected chi connectivity index (χ2v) is 6.67. The number of amides is 1. The monoisotopic (exact) mass is 330 g/mol. The molecule has 0 bridgehead atoms. The number of nitrogens with zero attached hydrogens (tertiary/aromatic N) is 3. The maximum Gasteiger partial charge on any atom is 0.420 e. The Hall–Kier alpha value is -1.99. The largest absolute Gasteiger partial charge is 0.420 e. The minimum atomic E-state index is -4.52. The van der Waals surface area contributed by atoms with Gasteiger partial charge in [0.25, 0.3) is 0 Å². The number of piperazine rings is 1. The first kappa shape index (κ1) is 17.4. The summed E-state index contributed by atoms with van der Waals surface area (Å²) in [6, 6.07) is 0.898. The Bertz CT molecular complexity index is 587. The molecule has 8 heteroatoms. The molecule has 23 heavy (non-hydrogen) atoms. The van der Waals surface area contributed by atoms with Gasteiger partial charge >= 0.3 is 6.18 Å². The van der Waals surface area contributed by atoms with Crippen LogP contribution in [0.1, 0.15) is 26.3 Å². The Labute approximate surface area is 133 Å². The van der Waals surface area contributed by atoms with Crippen LogP contribution in [-0.2, 0) is 11.0 Å². The molecule has 0 spiro atoms. The third kappa shape index (κ3) is 3.86. The van der Waals surface area contributed by atoms with E-state index in [-0.39, 0.29) is 17.4 Å². The van der Waals surface area contributed by atoms with E-state index in [9.17, 15) is 18.0 Å². The molecule has 1 aliphatic heterocycles. The second-order valence-electron chi connectivity index (χ2n) is 6.67. The van der Waals surface area contributed by atoms with E-state index >= 15 is 0 Å². The van der Waals surface area contributed by atoms with E-state index in [0.29, 0.717) is 26.2 Å². The number of nitrogens with two attached hydrogens (primary N) is 1. The van der Waals surface area contributed by atoms with Gasteiger partial charge in [-0.25, -0.2) is 4.98 Å². The molecule has 1 aromatic heterocycles. The van der Waals surface area contributed by atoms with Crippen molar-refractivity contribution in [1.29, 1.82) is 0 Å². The van der Waals surface area contributed by atoms with Crippen LogP contribution in [0.5, 0.6) is 0 Å². The van der Waals surface area contributed by atoms with Crippen LogP contribution in [0.25, 0.3) is 0 Å². The molecule has 0 unspecified atom stereocenters. The normalized spacial score (nSPS) is 16.6. The minimum absolute atomic E-state index is 0.00143. The quantitative estimate of drug-likeness (QED) is 0.859. The molecule has 1 aromatic rings. The molecule has 1 saturated heterocycles. The van der Waals surface area contributed by atoms with Crippen molar-refractivity contribution in [3.8, 4) is 0 Å². The zero-order valence-corrected chi connectivity index (χ0v) is 13.4. The van der Waals surface area contributed by atoms with Crippen LogP contribution >= 0.6 is 0 Å². The molecular formula is C15H21F3N4O. The van der Waals surface area contributed by atoms with Crippen molar-refractivity contribution in [2.45, 2.75) is 26.9 Å². The Morgan fingerprint density at radius 2 is 1.74 bits per heavy atom. The number of halogens is 3. The number of carbonyl (C=O) groups excluding carboxylic acids is 1. The van der Waals surface area contributed by atoms with Crippen LogP contribution in [0.15, 0.2) is 12.3 Å². The smallest absolute Gasteiger partial charge is 0.397 e. The average molecular weight is 330 g/mol. The summed E-state index contributed by atoms with van der Waals surface area (Å²) in [5.41, 5.74) is 4.06. The second kappa shape index (κ2) is 5.90.